The second kappa shape index (κ2) is 8.98. The predicted molar refractivity (Wildman–Crippen MR) is 44.5 cm³/mol. The van der Waals surface area contributed by atoms with E-state index in [0.29, 0.717) is 12.9 Å². The Balaban J connectivity index is 2.65. The summed E-state index contributed by atoms with van der Waals surface area (Å²) >= 11 is 0. The van der Waals surface area contributed by atoms with E-state index >= 15 is 0 Å². The second-order valence-corrected chi connectivity index (χ2v) is 2.21. The van der Waals surface area contributed by atoms with Crippen LogP contribution < -0.4 is 5.32 Å². The Kier molecular flexibility index (Phi) is 8.97. The average molecular weight is 141 g/mol. The zero-order chi connectivity index (χ0) is 7.66. The Morgan fingerprint density at radius 3 is 2.70 bits per heavy atom. The molecule has 0 spiro atoms. The molecule has 0 aromatic heterocycles. The van der Waals surface area contributed by atoms with Gasteiger partial charge < -0.3 is 10.1 Å². The van der Waals surface area contributed by atoms with Crippen molar-refractivity contribution in [3.63, 3.8) is 0 Å². The molecule has 0 saturated heterocycles. The first-order valence-electron chi connectivity index (χ1n) is 3.84. The molecule has 0 aliphatic rings. The van der Waals surface area contributed by atoms with Crippen molar-refractivity contribution in [3.8, 4) is 0 Å². The number of ether oxygens (including phenoxy) is 1. The van der Waals surface area contributed by atoms with Crippen LogP contribution in [0.1, 0.15) is 12.8 Å². The van der Waals surface area contributed by atoms with Crippen molar-refractivity contribution in [3.05, 3.63) is 0 Å². The van der Waals surface area contributed by atoms with Crippen LogP contribution in [0.2, 0.25) is 6.32 Å². The van der Waals surface area contributed by atoms with Crippen molar-refractivity contribution < 1.29 is 4.74 Å². The predicted octanol–water partition coefficient (Wildman–Crippen LogP) is 0.589. The smallest absolute Gasteiger partial charge is 0.0684 e. The molecule has 0 unspecified atom stereocenters. The molecule has 0 aromatic rings. The molecule has 0 aromatic carbocycles. The quantitative estimate of drug-likeness (QED) is 0.413. The largest absolute Gasteiger partial charge is 0.382 e. The molecule has 0 amide bonds. The highest BCUT2D eigenvalue weighted by Crippen LogP contribution is 1.88. The summed E-state index contributed by atoms with van der Waals surface area (Å²) < 4.78 is 5.18. The summed E-state index contributed by atoms with van der Waals surface area (Å²) in [5.41, 5.74) is 0. The lowest BCUT2D eigenvalue weighted by Crippen LogP contribution is -2.08. The fourth-order valence-corrected chi connectivity index (χ4v) is 0.691. The van der Waals surface area contributed by atoms with Crippen LogP contribution in [0.25, 0.3) is 0 Å². The van der Waals surface area contributed by atoms with Crippen LogP contribution in [0.5, 0.6) is 0 Å². The van der Waals surface area contributed by atoms with Gasteiger partial charge in [-0.3, -0.25) is 0 Å². The molecule has 3 heteroatoms. The molecule has 0 saturated carbocycles. The van der Waals surface area contributed by atoms with Crippen LogP contribution in [0.4, 0.5) is 0 Å². The number of rotatable bonds is 7. The molecular weight excluding hydrogens is 125 g/mol. The van der Waals surface area contributed by atoms with Gasteiger partial charge in [0, 0.05) is 13.2 Å². The van der Waals surface area contributed by atoms with Gasteiger partial charge in [-0.25, -0.2) is 0 Å². The first kappa shape index (κ1) is 9.98. The van der Waals surface area contributed by atoms with Crippen LogP contribution in [0.3, 0.4) is 0 Å². The van der Waals surface area contributed by atoms with Gasteiger partial charge >= 0.3 is 0 Å². The molecule has 0 atom stereocenters. The monoisotopic (exact) mass is 141 g/mol. The standard InChI is InChI=1S/C7H16BNO/c1-9-5-2-3-6-10-7-4-8/h9H,2-7H2,1H3. The van der Waals surface area contributed by atoms with Crippen LogP contribution >= 0.6 is 0 Å². The molecule has 58 valence electrons. The Morgan fingerprint density at radius 2 is 2.10 bits per heavy atom. The lowest BCUT2D eigenvalue weighted by atomic mass is 10.1. The van der Waals surface area contributed by atoms with E-state index in [9.17, 15) is 0 Å². The zero-order valence-electron chi connectivity index (χ0n) is 6.73. The van der Waals surface area contributed by atoms with E-state index in [0.717, 1.165) is 19.6 Å². The molecule has 0 rings (SSSR count). The van der Waals surface area contributed by atoms with Gasteiger partial charge in [0.15, 0.2) is 0 Å². The van der Waals surface area contributed by atoms with Crippen LogP contribution in [-0.4, -0.2) is 34.7 Å². The number of unbranched alkanes of at least 4 members (excludes halogenated alkanes) is 1. The molecule has 0 heterocycles. The lowest BCUT2D eigenvalue weighted by Gasteiger charge is -2.01. The number of nitrogens with one attached hydrogen (secondary N) is 1. The fraction of sp³-hybridized carbons (Fsp3) is 1.00. The van der Waals surface area contributed by atoms with Crippen LogP contribution in [-0.2, 0) is 4.74 Å². The zero-order valence-corrected chi connectivity index (χ0v) is 6.73. The first-order valence-corrected chi connectivity index (χ1v) is 3.84. The van der Waals surface area contributed by atoms with E-state index in [1.807, 2.05) is 7.05 Å². The SMILES string of the molecule is [B]CCOCCCCNC. The van der Waals surface area contributed by atoms with Gasteiger partial charge in [-0.2, -0.15) is 0 Å². The van der Waals surface area contributed by atoms with Crippen molar-refractivity contribution in [2.45, 2.75) is 19.2 Å². The Morgan fingerprint density at radius 1 is 1.30 bits per heavy atom. The molecule has 10 heavy (non-hydrogen) atoms. The van der Waals surface area contributed by atoms with Crippen molar-refractivity contribution in [2.75, 3.05) is 26.8 Å². The van der Waals surface area contributed by atoms with Gasteiger partial charge in [0.2, 0.25) is 0 Å². The summed E-state index contributed by atoms with van der Waals surface area (Å²) in [6.45, 7) is 2.62. The van der Waals surface area contributed by atoms with Gasteiger partial charge in [0.25, 0.3) is 0 Å². The molecule has 0 aliphatic heterocycles. The first-order chi connectivity index (χ1) is 4.91. The minimum Gasteiger partial charge on any atom is -0.382 e. The van der Waals surface area contributed by atoms with E-state index < -0.39 is 0 Å². The molecule has 0 fully saturated rings. The molecule has 0 bridgehead atoms. The lowest BCUT2D eigenvalue weighted by molar-refractivity contribution is 0.144. The third kappa shape index (κ3) is 7.98. The second-order valence-electron chi connectivity index (χ2n) is 2.21. The highest BCUT2D eigenvalue weighted by molar-refractivity contribution is 6.08. The molecule has 2 radical (unpaired) electrons. The Hall–Kier alpha value is -0.0151. The van der Waals surface area contributed by atoms with E-state index in [1.54, 1.807) is 0 Å². The molecule has 0 aliphatic carbocycles. The maximum absolute atomic E-state index is 5.23. The fourth-order valence-electron chi connectivity index (χ4n) is 0.691. The van der Waals surface area contributed by atoms with Crippen molar-refractivity contribution in [1.29, 1.82) is 0 Å². The van der Waals surface area contributed by atoms with E-state index in [1.165, 1.54) is 6.42 Å². The highest BCUT2D eigenvalue weighted by Gasteiger charge is 1.86. The third-order valence-corrected chi connectivity index (χ3v) is 1.23. The Labute approximate surface area is 64.7 Å². The van der Waals surface area contributed by atoms with Crippen molar-refractivity contribution in [2.24, 2.45) is 0 Å². The van der Waals surface area contributed by atoms with Crippen LogP contribution in [0, 0.1) is 0 Å². The molecule has 2 nitrogen and oxygen atoms in total. The molecule has 1 N–H and O–H groups in total. The van der Waals surface area contributed by atoms with Gasteiger partial charge in [0.05, 0.1) is 7.85 Å². The van der Waals surface area contributed by atoms with Gasteiger partial charge in [-0.15, -0.1) is 0 Å². The third-order valence-electron chi connectivity index (χ3n) is 1.23. The van der Waals surface area contributed by atoms with E-state index in [2.05, 4.69) is 5.32 Å². The highest BCUT2D eigenvalue weighted by atomic mass is 16.5. The summed E-state index contributed by atoms with van der Waals surface area (Å²) in [5.74, 6) is 0. The maximum atomic E-state index is 5.23. The summed E-state index contributed by atoms with van der Waals surface area (Å²) in [7, 11) is 7.19. The maximum Gasteiger partial charge on any atom is 0.0684 e. The summed E-state index contributed by atoms with van der Waals surface area (Å²) in [4.78, 5) is 0. The summed E-state index contributed by atoms with van der Waals surface area (Å²) in [6, 6.07) is 0. The summed E-state index contributed by atoms with van der Waals surface area (Å²) in [5, 5.41) is 3.08. The van der Waals surface area contributed by atoms with E-state index in [-0.39, 0.29) is 0 Å². The average Bonchev–Trinajstić information content (AvgIpc) is 1.97. The molecular formula is C7H16BNO. The van der Waals surface area contributed by atoms with Gasteiger partial charge in [0.1, 0.15) is 0 Å². The minimum absolute atomic E-state index is 0.631. The van der Waals surface area contributed by atoms with Gasteiger partial charge in [-0.1, -0.05) is 6.32 Å². The summed E-state index contributed by atoms with van der Waals surface area (Å²) in [6.07, 6.45) is 2.94. The number of hydrogen-bond acceptors (Lipinski definition) is 2. The topological polar surface area (TPSA) is 21.3 Å². The Bertz CT molecular complexity index is 53.6. The normalized spacial score (nSPS) is 10.1. The van der Waals surface area contributed by atoms with E-state index in [4.69, 9.17) is 12.6 Å². The van der Waals surface area contributed by atoms with Crippen molar-refractivity contribution in [1.82, 2.24) is 5.32 Å². The number of hydrogen-bond donors (Lipinski definition) is 1. The minimum atomic E-state index is 0.631. The van der Waals surface area contributed by atoms with Crippen molar-refractivity contribution >= 4 is 7.85 Å². The van der Waals surface area contributed by atoms with Gasteiger partial charge in [-0.05, 0) is 26.4 Å². The van der Waals surface area contributed by atoms with Crippen LogP contribution in [0.15, 0.2) is 0 Å².